The Morgan fingerprint density at radius 1 is 1.06 bits per heavy atom. The number of nitriles is 1. The molecule has 9 heteroatoms. The summed E-state index contributed by atoms with van der Waals surface area (Å²) in [6.45, 7) is 0.245. The van der Waals surface area contributed by atoms with Crippen LogP contribution in [0.15, 0.2) is 70.3 Å². The van der Waals surface area contributed by atoms with Crippen molar-refractivity contribution in [2.24, 2.45) is 0 Å². The number of hydrogen-bond donors (Lipinski definition) is 2. The summed E-state index contributed by atoms with van der Waals surface area (Å²) in [7, 11) is 0. The van der Waals surface area contributed by atoms with E-state index in [4.69, 9.17) is 11.0 Å². The zero-order chi connectivity index (χ0) is 22.2. The Labute approximate surface area is 182 Å². The molecular formula is C22H21N5O3S. The average Bonchev–Trinajstić information content (AvgIpc) is 2.77. The lowest BCUT2D eigenvalue weighted by atomic mass is 10.2. The van der Waals surface area contributed by atoms with Crippen LogP contribution in [0.25, 0.3) is 0 Å². The molecular weight excluding hydrogens is 414 g/mol. The Balaban J connectivity index is 2.05. The molecule has 0 bridgehead atoms. The van der Waals surface area contributed by atoms with Crippen molar-refractivity contribution in [3.05, 3.63) is 92.6 Å². The highest BCUT2D eigenvalue weighted by atomic mass is 32.2. The van der Waals surface area contributed by atoms with E-state index in [1.807, 2.05) is 66.7 Å². The highest BCUT2D eigenvalue weighted by Crippen LogP contribution is 2.21. The maximum atomic E-state index is 13.0. The van der Waals surface area contributed by atoms with Crippen molar-refractivity contribution in [3.63, 3.8) is 0 Å². The first-order valence-corrected chi connectivity index (χ1v) is 10.6. The summed E-state index contributed by atoms with van der Waals surface area (Å²) in [6.07, 6.45) is 0. The van der Waals surface area contributed by atoms with Crippen LogP contribution < -0.4 is 21.9 Å². The second-order valence-electron chi connectivity index (χ2n) is 6.68. The molecule has 0 aliphatic carbocycles. The van der Waals surface area contributed by atoms with Crippen molar-refractivity contribution < 1.29 is 4.79 Å². The van der Waals surface area contributed by atoms with Crippen LogP contribution in [0.4, 0.5) is 11.5 Å². The molecule has 0 radical (unpaired) electrons. The largest absolute Gasteiger partial charge is 0.383 e. The highest BCUT2D eigenvalue weighted by Gasteiger charge is 2.24. The molecule has 1 amide bonds. The molecule has 0 saturated carbocycles. The van der Waals surface area contributed by atoms with E-state index in [0.29, 0.717) is 0 Å². The molecule has 0 atom stereocenters. The van der Waals surface area contributed by atoms with E-state index >= 15 is 0 Å². The molecule has 1 aromatic heterocycles. The fourth-order valence-electron chi connectivity index (χ4n) is 3.08. The minimum Gasteiger partial charge on any atom is -0.383 e. The molecule has 2 aromatic carbocycles. The fourth-order valence-corrected chi connectivity index (χ4v) is 3.60. The van der Waals surface area contributed by atoms with Crippen LogP contribution in [0.1, 0.15) is 11.1 Å². The van der Waals surface area contributed by atoms with Crippen LogP contribution in [0.3, 0.4) is 0 Å². The van der Waals surface area contributed by atoms with Crippen LogP contribution in [-0.2, 0) is 17.9 Å². The molecule has 8 nitrogen and oxygen atoms in total. The second-order valence-corrected chi connectivity index (χ2v) is 7.67. The number of thioether (sulfide) groups is 1. The van der Waals surface area contributed by atoms with Gasteiger partial charge in [-0.15, -0.1) is 11.8 Å². The van der Waals surface area contributed by atoms with E-state index < -0.39 is 11.2 Å². The van der Waals surface area contributed by atoms with E-state index in [-0.39, 0.29) is 42.0 Å². The summed E-state index contributed by atoms with van der Waals surface area (Å²) in [5, 5.41) is 8.76. The lowest BCUT2D eigenvalue weighted by Crippen LogP contribution is -2.41. The van der Waals surface area contributed by atoms with Gasteiger partial charge in [-0.2, -0.15) is 5.26 Å². The average molecular weight is 436 g/mol. The van der Waals surface area contributed by atoms with Crippen LogP contribution in [0.5, 0.6) is 0 Å². The molecule has 0 unspecified atom stereocenters. The SMILES string of the molecule is N#CCSCC(=O)N(Cc1ccccc1)c1c(N)n(Cc2ccccc2)c(=O)[nH]c1=O. The summed E-state index contributed by atoms with van der Waals surface area (Å²) >= 11 is 1.14. The Morgan fingerprint density at radius 2 is 1.68 bits per heavy atom. The van der Waals surface area contributed by atoms with Gasteiger partial charge in [0.05, 0.1) is 30.7 Å². The standard InChI is InChI=1S/C22H21N5O3S/c23-11-12-31-15-18(28)26(13-16-7-3-1-4-8-16)19-20(24)27(22(30)25-21(19)29)14-17-9-5-2-6-10-17/h1-10H,12-15,24H2,(H,25,29,30). The zero-order valence-corrected chi connectivity index (χ0v) is 17.5. The topological polar surface area (TPSA) is 125 Å². The monoisotopic (exact) mass is 435 g/mol. The lowest BCUT2D eigenvalue weighted by Gasteiger charge is -2.24. The van der Waals surface area contributed by atoms with Crippen LogP contribution >= 0.6 is 11.8 Å². The van der Waals surface area contributed by atoms with Gasteiger partial charge in [0, 0.05) is 0 Å². The molecule has 158 valence electrons. The Hall–Kier alpha value is -3.77. The Kier molecular flexibility index (Phi) is 7.30. The molecule has 1 heterocycles. The number of anilines is 2. The number of nitrogens with zero attached hydrogens (tertiary/aromatic N) is 3. The number of nitrogen functional groups attached to an aromatic ring is 1. The molecule has 0 aliphatic heterocycles. The summed E-state index contributed by atoms with van der Waals surface area (Å²) in [5.41, 5.74) is 6.41. The van der Waals surface area contributed by atoms with Crippen molar-refractivity contribution in [2.45, 2.75) is 13.1 Å². The van der Waals surface area contributed by atoms with Crippen molar-refractivity contribution in [2.75, 3.05) is 22.1 Å². The number of H-pyrrole nitrogens is 1. The maximum absolute atomic E-state index is 13.0. The number of nitrogens with two attached hydrogens (primary N) is 1. The zero-order valence-electron chi connectivity index (χ0n) is 16.7. The van der Waals surface area contributed by atoms with Gasteiger partial charge >= 0.3 is 5.69 Å². The van der Waals surface area contributed by atoms with Crippen molar-refractivity contribution in [1.29, 1.82) is 5.26 Å². The van der Waals surface area contributed by atoms with Gasteiger partial charge in [-0.05, 0) is 11.1 Å². The third kappa shape index (κ3) is 5.43. The van der Waals surface area contributed by atoms with Crippen LogP contribution in [-0.4, -0.2) is 27.0 Å². The van der Waals surface area contributed by atoms with E-state index in [1.165, 1.54) is 9.47 Å². The minimum atomic E-state index is -0.735. The number of rotatable bonds is 8. The van der Waals surface area contributed by atoms with E-state index in [2.05, 4.69) is 4.98 Å². The summed E-state index contributed by atoms with van der Waals surface area (Å²) in [4.78, 5) is 41.7. The molecule has 0 fully saturated rings. The van der Waals surface area contributed by atoms with Gasteiger partial charge in [0.2, 0.25) is 5.91 Å². The van der Waals surface area contributed by atoms with E-state index in [0.717, 1.165) is 22.9 Å². The van der Waals surface area contributed by atoms with E-state index in [9.17, 15) is 14.4 Å². The van der Waals surface area contributed by atoms with Gasteiger partial charge in [-0.3, -0.25) is 24.0 Å². The first kappa shape index (κ1) is 21.9. The molecule has 3 N–H and O–H groups in total. The van der Waals surface area contributed by atoms with E-state index in [1.54, 1.807) is 0 Å². The molecule has 0 spiro atoms. The molecule has 31 heavy (non-hydrogen) atoms. The first-order valence-electron chi connectivity index (χ1n) is 9.46. The molecule has 0 aliphatic rings. The quantitative estimate of drug-likeness (QED) is 0.521. The Morgan fingerprint density at radius 3 is 2.29 bits per heavy atom. The number of aromatic amines is 1. The number of carbonyl (C=O) groups is 1. The fraction of sp³-hybridized carbons (Fsp3) is 0.182. The summed E-state index contributed by atoms with van der Waals surface area (Å²) < 4.78 is 1.24. The highest BCUT2D eigenvalue weighted by molar-refractivity contribution is 8.00. The second kappa shape index (κ2) is 10.3. The van der Waals surface area contributed by atoms with Gasteiger partial charge in [-0.1, -0.05) is 60.7 Å². The Bertz CT molecular complexity index is 1200. The molecule has 0 saturated heterocycles. The number of hydrogen-bond acceptors (Lipinski definition) is 6. The van der Waals surface area contributed by atoms with Crippen molar-refractivity contribution in [3.8, 4) is 6.07 Å². The molecule has 3 aromatic rings. The van der Waals surface area contributed by atoms with Gasteiger partial charge in [0.15, 0.2) is 5.69 Å². The summed E-state index contributed by atoms with van der Waals surface area (Å²) in [5.74, 6) is -0.333. The van der Waals surface area contributed by atoms with Crippen molar-refractivity contribution in [1.82, 2.24) is 9.55 Å². The first-order chi connectivity index (χ1) is 15.0. The predicted molar refractivity (Wildman–Crippen MR) is 122 cm³/mol. The number of carbonyl (C=O) groups excluding carboxylic acids is 1. The van der Waals surface area contributed by atoms with Gasteiger partial charge in [0.1, 0.15) is 5.82 Å². The third-order valence-electron chi connectivity index (χ3n) is 4.54. The van der Waals surface area contributed by atoms with Gasteiger partial charge in [0.25, 0.3) is 5.56 Å². The van der Waals surface area contributed by atoms with Crippen LogP contribution in [0.2, 0.25) is 0 Å². The van der Waals surface area contributed by atoms with Crippen molar-refractivity contribution >= 4 is 29.2 Å². The smallest absolute Gasteiger partial charge is 0.330 e. The maximum Gasteiger partial charge on any atom is 0.330 e. The van der Waals surface area contributed by atoms with Gasteiger partial charge in [-0.25, -0.2) is 4.79 Å². The number of benzene rings is 2. The van der Waals surface area contributed by atoms with Gasteiger partial charge < -0.3 is 5.73 Å². The molecule has 3 rings (SSSR count). The number of amides is 1. The van der Waals surface area contributed by atoms with Crippen LogP contribution in [0, 0.1) is 11.3 Å². The lowest BCUT2D eigenvalue weighted by molar-refractivity contribution is -0.116. The third-order valence-corrected chi connectivity index (χ3v) is 5.33. The summed E-state index contributed by atoms with van der Waals surface area (Å²) in [6, 6.07) is 20.3. The minimum absolute atomic E-state index is 0.00289. The predicted octanol–water partition coefficient (Wildman–Crippen LogP) is 1.96. The normalized spacial score (nSPS) is 10.4. The number of aromatic nitrogens is 2. The number of nitrogens with one attached hydrogen (secondary N) is 1.